The van der Waals surface area contributed by atoms with Crippen LogP contribution >= 0.6 is 15.9 Å². The molecule has 3 rings (SSSR count). The normalized spacial score (nSPS) is 10.4. The van der Waals surface area contributed by atoms with Gasteiger partial charge in [0, 0.05) is 15.8 Å². The molecule has 0 saturated heterocycles. The fourth-order valence-corrected chi connectivity index (χ4v) is 2.89. The zero-order valence-corrected chi connectivity index (χ0v) is 18.3. The van der Waals surface area contributed by atoms with Crippen LogP contribution in [-0.4, -0.2) is 30.5 Å². The van der Waals surface area contributed by atoms with Crippen molar-refractivity contribution in [1.82, 2.24) is 5.43 Å². The van der Waals surface area contributed by atoms with Crippen molar-refractivity contribution in [3.63, 3.8) is 0 Å². The Kier molecular flexibility index (Phi) is 8.10. The average molecular weight is 495 g/mol. The fraction of sp³-hybridized carbons (Fsp3) is 0.0435. The standard InChI is InChI=1S/C23H19BrN4O4/c24-17-5-4-8-19(13-17)27-22(30)23(31)28-25-14-16-9-11-20(12-10-16)32-15-21(29)26-18-6-2-1-3-7-18/h1-14H,15H2,(H,26,29)(H,27,30)(H,28,31)/b25-14-. The van der Waals surface area contributed by atoms with Crippen molar-refractivity contribution >= 4 is 51.2 Å². The monoisotopic (exact) mass is 494 g/mol. The van der Waals surface area contributed by atoms with Gasteiger partial charge in [0.25, 0.3) is 5.91 Å². The van der Waals surface area contributed by atoms with E-state index in [-0.39, 0.29) is 12.5 Å². The van der Waals surface area contributed by atoms with Crippen LogP contribution in [0.5, 0.6) is 5.75 Å². The van der Waals surface area contributed by atoms with E-state index in [2.05, 4.69) is 37.1 Å². The molecule has 3 aromatic carbocycles. The minimum atomic E-state index is -0.898. The highest BCUT2D eigenvalue weighted by atomic mass is 79.9. The first-order chi connectivity index (χ1) is 15.5. The Hall–Kier alpha value is -3.98. The molecule has 9 heteroatoms. The summed E-state index contributed by atoms with van der Waals surface area (Å²) in [4.78, 5) is 35.7. The van der Waals surface area contributed by atoms with Crippen molar-refractivity contribution in [2.45, 2.75) is 0 Å². The summed E-state index contributed by atoms with van der Waals surface area (Å²) in [5, 5.41) is 8.97. The number of anilines is 2. The first kappa shape index (κ1) is 22.7. The van der Waals surface area contributed by atoms with E-state index in [1.165, 1.54) is 6.21 Å². The van der Waals surface area contributed by atoms with Crippen LogP contribution < -0.4 is 20.8 Å². The van der Waals surface area contributed by atoms with Crippen LogP contribution in [0, 0.1) is 0 Å². The molecule has 0 atom stereocenters. The van der Waals surface area contributed by atoms with Gasteiger partial charge in [-0.3, -0.25) is 14.4 Å². The van der Waals surface area contributed by atoms with Gasteiger partial charge in [-0.25, -0.2) is 5.43 Å². The first-order valence-corrected chi connectivity index (χ1v) is 10.3. The van der Waals surface area contributed by atoms with E-state index in [1.54, 1.807) is 60.7 Å². The Morgan fingerprint density at radius 1 is 0.844 bits per heavy atom. The molecule has 3 aromatic rings. The molecule has 0 spiro atoms. The molecule has 0 aliphatic rings. The summed E-state index contributed by atoms with van der Waals surface area (Å²) >= 11 is 3.29. The number of rotatable bonds is 7. The Bertz CT molecular complexity index is 1120. The summed E-state index contributed by atoms with van der Waals surface area (Å²) in [5.74, 6) is -1.50. The third kappa shape index (κ3) is 7.37. The molecule has 3 amide bonds. The predicted octanol–water partition coefficient (Wildman–Crippen LogP) is 3.56. The third-order valence-electron chi connectivity index (χ3n) is 3.98. The lowest BCUT2D eigenvalue weighted by atomic mass is 10.2. The Morgan fingerprint density at radius 3 is 2.28 bits per heavy atom. The van der Waals surface area contributed by atoms with Gasteiger partial charge in [-0.05, 0) is 60.2 Å². The van der Waals surface area contributed by atoms with Gasteiger partial charge >= 0.3 is 11.8 Å². The largest absolute Gasteiger partial charge is 0.484 e. The quantitative estimate of drug-likeness (QED) is 0.265. The minimum absolute atomic E-state index is 0.133. The molecule has 162 valence electrons. The van der Waals surface area contributed by atoms with E-state index in [0.717, 1.165) is 4.47 Å². The number of hydrazone groups is 1. The molecule has 0 heterocycles. The Morgan fingerprint density at radius 2 is 1.56 bits per heavy atom. The molecule has 32 heavy (non-hydrogen) atoms. The third-order valence-corrected chi connectivity index (χ3v) is 4.47. The highest BCUT2D eigenvalue weighted by Crippen LogP contribution is 2.15. The van der Waals surface area contributed by atoms with Crippen LogP contribution in [0.15, 0.2) is 88.4 Å². The van der Waals surface area contributed by atoms with Gasteiger partial charge in [0.15, 0.2) is 6.61 Å². The molecule has 0 unspecified atom stereocenters. The van der Waals surface area contributed by atoms with Crippen molar-refractivity contribution in [1.29, 1.82) is 0 Å². The smallest absolute Gasteiger partial charge is 0.329 e. The Labute approximate surface area is 192 Å². The van der Waals surface area contributed by atoms with Gasteiger partial charge in [0.05, 0.1) is 6.21 Å². The summed E-state index contributed by atoms with van der Waals surface area (Å²) in [6.07, 6.45) is 1.39. The molecule has 8 nitrogen and oxygen atoms in total. The van der Waals surface area contributed by atoms with Crippen molar-refractivity contribution in [2.75, 3.05) is 17.2 Å². The van der Waals surface area contributed by atoms with Crippen molar-refractivity contribution in [3.05, 3.63) is 88.9 Å². The van der Waals surface area contributed by atoms with Crippen molar-refractivity contribution in [3.8, 4) is 5.75 Å². The molecule has 0 saturated carbocycles. The number of ether oxygens (including phenoxy) is 1. The SMILES string of the molecule is O=C(COc1ccc(/C=N\NC(=O)C(=O)Nc2cccc(Br)c2)cc1)Nc1ccccc1. The fourth-order valence-electron chi connectivity index (χ4n) is 2.49. The van der Waals surface area contributed by atoms with Gasteiger partial charge in [-0.1, -0.05) is 40.2 Å². The summed E-state index contributed by atoms with van der Waals surface area (Å²) in [6, 6.07) is 22.7. The highest BCUT2D eigenvalue weighted by Gasteiger charge is 2.12. The first-order valence-electron chi connectivity index (χ1n) is 9.47. The van der Waals surface area contributed by atoms with Crippen LogP contribution in [0.3, 0.4) is 0 Å². The van der Waals surface area contributed by atoms with Crippen molar-refractivity contribution < 1.29 is 19.1 Å². The van der Waals surface area contributed by atoms with E-state index in [9.17, 15) is 14.4 Å². The van der Waals surface area contributed by atoms with Gasteiger partial charge in [-0.15, -0.1) is 0 Å². The van der Waals surface area contributed by atoms with Gasteiger partial charge in [0.1, 0.15) is 5.75 Å². The van der Waals surface area contributed by atoms with E-state index in [1.807, 2.05) is 18.2 Å². The van der Waals surface area contributed by atoms with E-state index in [0.29, 0.717) is 22.7 Å². The summed E-state index contributed by atoms with van der Waals surface area (Å²) in [7, 11) is 0. The number of carbonyl (C=O) groups excluding carboxylic acids is 3. The maximum atomic E-state index is 11.9. The number of para-hydroxylation sites is 1. The Balaban J connectivity index is 1.43. The van der Waals surface area contributed by atoms with Crippen LogP contribution in [0.2, 0.25) is 0 Å². The number of halogens is 1. The maximum Gasteiger partial charge on any atom is 0.329 e. The molecule has 0 aromatic heterocycles. The highest BCUT2D eigenvalue weighted by molar-refractivity contribution is 9.10. The molecular weight excluding hydrogens is 476 g/mol. The number of carbonyl (C=O) groups is 3. The summed E-state index contributed by atoms with van der Waals surface area (Å²) in [5.41, 5.74) is 4.01. The van der Waals surface area contributed by atoms with Gasteiger partial charge in [0.2, 0.25) is 0 Å². The summed E-state index contributed by atoms with van der Waals surface area (Å²) < 4.78 is 6.23. The van der Waals surface area contributed by atoms with E-state index < -0.39 is 11.8 Å². The van der Waals surface area contributed by atoms with E-state index in [4.69, 9.17) is 4.74 Å². The number of nitrogens with zero attached hydrogens (tertiary/aromatic N) is 1. The molecule has 0 radical (unpaired) electrons. The van der Waals surface area contributed by atoms with Gasteiger partial charge in [-0.2, -0.15) is 5.10 Å². The number of hydrogen-bond acceptors (Lipinski definition) is 5. The lowest BCUT2D eigenvalue weighted by Crippen LogP contribution is -2.32. The van der Waals surface area contributed by atoms with E-state index >= 15 is 0 Å². The second-order valence-electron chi connectivity index (χ2n) is 6.44. The topological polar surface area (TPSA) is 109 Å². The number of nitrogens with one attached hydrogen (secondary N) is 3. The lowest BCUT2D eigenvalue weighted by Gasteiger charge is -2.07. The predicted molar refractivity (Wildman–Crippen MR) is 126 cm³/mol. The summed E-state index contributed by atoms with van der Waals surface area (Å²) in [6.45, 7) is -0.133. The second-order valence-corrected chi connectivity index (χ2v) is 7.35. The number of amides is 3. The van der Waals surface area contributed by atoms with Crippen LogP contribution in [0.4, 0.5) is 11.4 Å². The zero-order valence-electron chi connectivity index (χ0n) is 16.7. The molecule has 3 N–H and O–H groups in total. The van der Waals surface area contributed by atoms with Crippen molar-refractivity contribution in [2.24, 2.45) is 5.10 Å². The minimum Gasteiger partial charge on any atom is -0.484 e. The maximum absolute atomic E-state index is 11.9. The average Bonchev–Trinajstić information content (AvgIpc) is 2.79. The molecule has 0 aliphatic heterocycles. The van der Waals surface area contributed by atoms with Crippen LogP contribution in [-0.2, 0) is 14.4 Å². The lowest BCUT2D eigenvalue weighted by molar-refractivity contribution is -0.136. The van der Waals surface area contributed by atoms with Gasteiger partial charge < -0.3 is 15.4 Å². The number of benzene rings is 3. The zero-order chi connectivity index (χ0) is 22.8. The number of hydrogen-bond donors (Lipinski definition) is 3. The van der Waals surface area contributed by atoms with Crippen LogP contribution in [0.25, 0.3) is 0 Å². The molecular formula is C23H19BrN4O4. The molecule has 0 aliphatic carbocycles. The molecule has 0 fully saturated rings. The molecule has 0 bridgehead atoms. The van der Waals surface area contributed by atoms with Crippen LogP contribution in [0.1, 0.15) is 5.56 Å². The second kappa shape index (κ2) is 11.4.